The highest BCUT2D eigenvalue weighted by Gasteiger charge is 2.32. The molecule has 0 aliphatic carbocycles. The van der Waals surface area contributed by atoms with E-state index in [9.17, 15) is 9.90 Å². The first-order valence-electron chi connectivity index (χ1n) is 11.2. The Kier molecular flexibility index (Phi) is 6.83. The molecule has 0 unspecified atom stereocenters. The lowest BCUT2D eigenvalue weighted by molar-refractivity contribution is 0.0984. The molecule has 3 aromatic rings. The van der Waals surface area contributed by atoms with Crippen LogP contribution >= 0.6 is 11.5 Å². The van der Waals surface area contributed by atoms with Gasteiger partial charge in [-0.3, -0.25) is 15.1 Å². The number of hydrogen-bond acceptors (Lipinski definition) is 10. The van der Waals surface area contributed by atoms with Crippen molar-refractivity contribution in [1.29, 1.82) is 5.41 Å². The summed E-state index contributed by atoms with van der Waals surface area (Å²) >= 11 is 1.04. The van der Waals surface area contributed by atoms with Gasteiger partial charge in [0.15, 0.2) is 0 Å². The van der Waals surface area contributed by atoms with Crippen molar-refractivity contribution in [3.8, 4) is 11.8 Å². The molecule has 0 spiro atoms. The van der Waals surface area contributed by atoms with Crippen LogP contribution < -0.4 is 20.3 Å². The average Bonchev–Trinajstić information content (AvgIpc) is 3.41. The van der Waals surface area contributed by atoms with Gasteiger partial charge in [-0.2, -0.15) is 9.36 Å². The van der Waals surface area contributed by atoms with Crippen LogP contribution in [0.1, 0.15) is 61.1 Å². The van der Waals surface area contributed by atoms with Crippen LogP contribution in [0.15, 0.2) is 18.3 Å². The van der Waals surface area contributed by atoms with Gasteiger partial charge in [-0.25, -0.2) is 9.97 Å². The molecule has 35 heavy (non-hydrogen) atoms. The van der Waals surface area contributed by atoms with E-state index in [-0.39, 0.29) is 40.8 Å². The zero-order chi connectivity index (χ0) is 25.3. The highest BCUT2D eigenvalue weighted by molar-refractivity contribution is 7.11. The summed E-state index contributed by atoms with van der Waals surface area (Å²) < 4.78 is 9.39. The maximum atomic E-state index is 13.3. The van der Waals surface area contributed by atoms with E-state index in [2.05, 4.69) is 30.0 Å². The normalized spacial score (nSPS) is 12.7. The third kappa shape index (κ3) is 4.87. The number of anilines is 3. The van der Waals surface area contributed by atoms with Gasteiger partial charge in [-0.1, -0.05) is 13.8 Å². The molecule has 1 aliphatic rings. The molecule has 0 atom stereocenters. The number of fused-ring (bicyclic) bond motifs is 1. The second-order valence-corrected chi connectivity index (χ2v) is 9.47. The molecule has 1 aliphatic heterocycles. The third-order valence-electron chi connectivity index (χ3n) is 5.36. The first kappa shape index (κ1) is 24.3. The Morgan fingerprint density at radius 3 is 2.66 bits per heavy atom. The number of methoxy groups -OCH3 is 1. The van der Waals surface area contributed by atoms with E-state index in [1.54, 1.807) is 24.1 Å². The fourth-order valence-electron chi connectivity index (χ4n) is 3.68. The molecular formula is C23H28N8O3S. The number of carbonyl (C=O) groups is 1. The van der Waals surface area contributed by atoms with Crippen LogP contribution in [0.5, 0.6) is 11.8 Å². The fourth-order valence-corrected chi connectivity index (χ4v) is 4.40. The number of nitrogens with zero attached hydrogens (tertiary/aromatic N) is 5. The van der Waals surface area contributed by atoms with Gasteiger partial charge in [-0.15, -0.1) is 0 Å². The SMILES string of the molecule is COc1nc(C(C)C)nc2c1CCN2C(=O)c1ccc(Nc2snc(O)c2C(=N)NC(C)C)cn1. The zero-order valence-corrected chi connectivity index (χ0v) is 21.0. The molecule has 0 bridgehead atoms. The maximum absolute atomic E-state index is 13.3. The van der Waals surface area contributed by atoms with Crippen molar-refractivity contribution in [1.82, 2.24) is 24.6 Å². The number of carbonyl (C=O) groups excluding carboxylic acids is 1. The van der Waals surface area contributed by atoms with Gasteiger partial charge in [0, 0.05) is 18.5 Å². The number of hydrogen-bond donors (Lipinski definition) is 4. The van der Waals surface area contributed by atoms with E-state index < -0.39 is 0 Å². The van der Waals surface area contributed by atoms with Crippen LogP contribution in [-0.2, 0) is 6.42 Å². The summed E-state index contributed by atoms with van der Waals surface area (Å²) in [5.74, 6) is 1.36. The number of ether oxygens (including phenoxy) is 1. The van der Waals surface area contributed by atoms with Crippen LogP contribution in [0.3, 0.4) is 0 Å². The standard InChI is InChI=1S/C23H28N8O3S/c1-11(2)18-28-19-14(21(29-18)34-5)8-9-31(19)23(33)15-7-6-13(10-25-15)27-22-16(20(32)30-35-22)17(24)26-12(3)4/h6-7,10-12,27H,8-9H2,1-5H3,(H2,24,26)(H,30,32). The zero-order valence-electron chi connectivity index (χ0n) is 20.2. The van der Waals surface area contributed by atoms with E-state index in [1.807, 2.05) is 27.7 Å². The molecule has 1 amide bonds. The number of amides is 1. The second-order valence-electron chi connectivity index (χ2n) is 8.70. The Balaban J connectivity index is 1.54. The molecule has 4 N–H and O–H groups in total. The second kappa shape index (κ2) is 9.82. The maximum Gasteiger partial charge on any atom is 0.278 e. The molecule has 4 rings (SSSR count). The van der Waals surface area contributed by atoms with Gasteiger partial charge >= 0.3 is 0 Å². The lowest BCUT2D eigenvalue weighted by Crippen LogP contribution is -2.30. The minimum atomic E-state index is -0.259. The predicted molar refractivity (Wildman–Crippen MR) is 134 cm³/mol. The van der Waals surface area contributed by atoms with Crippen LogP contribution in [0.2, 0.25) is 0 Å². The van der Waals surface area contributed by atoms with E-state index >= 15 is 0 Å². The predicted octanol–water partition coefficient (Wildman–Crippen LogP) is 3.44. The number of aromatic hydroxyl groups is 1. The summed E-state index contributed by atoms with van der Waals surface area (Å²) in [5, 5.41) is 24.9. The number of amidine groups is 1. The Morgan fingerprint density at radius 2 is 2.03 bits per heavy atom. The number of rotatable bonds is 7. The fraction of sp³-hybridized carbons (Fsp3) is 0.391. The van der Waals surface area contributed by atoms with Crippen molar-refractivity contribution in [3.63, 3.8) is 0 Å². The third-order valence-corrected chi connectivity index (χ3v) is 6.11. The number of pyridine rings is 1. The van der Waals surface area contributed by atoms with E-state index in [0.717, 1.165) is 17.1 Å². The smallest absolute Gasteiger partial charge is 0.278 e. The molecule has 184 valence electrons. The number of aromatic nitrogens is 4. The van der Waals surface area contributed by atoms with Crippen LogP contribution in [-0.4, -0.2) is 55.9 Å². The summed E-state index contributed by atoms with van der Waals surface area (Å²) in [6.07, 6.45) is 2.14. The van der Waals surface area contributed by atoms with Gasteiger partial charge in [0.05, 0.1) is 24.6 Å². The molecule has 4 heterocycles. The lowest BCUT2D eigenvalue weighted by atomic mass is 10.2. The average molecular weight is 497 g/mol. The highest BCUT2D eigenvalue weighted by atomic mass is 32.1. The molecule has 0 radical (unpaired) electrons. The first-order valence-corrected chi connectivity index (χ1v) is 12.0. The largest absolute Gasteiger partial charge is 0.492 e. The topological polar surface area (TPSA) is 149 Å². The van der Waals surface area contributed by atoms with Crippen molar-refractivity contribution in [2.45, 2.75) is 46.1 Å². The van der Waals surface area contributed by atoms with Crippen molar-refractivity contribution in [2.75, 3.05) is 23.9 Å². The molecule has 11 nitrogen and oxygen atoms in total. The monoisotopic (exact) mass is 496 g/mol. The van der Waals surface area contributed by atoms with E-state index in [1.165, 1.54) is 6.20 Å². The molecular weight excluding hydrogens is 468 g/mol. The highest BCUT2D eigenvalue weighted by Crippen LogP contribution is 2.35. The van der Waals surface area contributed by atoms with Crippen LogP contribution in [0, 0.1) is 5.41 Å². The summed E-state index contributed by atoms with van der Waals surface area (Å²) in [6, 6.07) is 3.37. The quantitative estimate of drug-likeness (QED) is 0.285. The Labute approximate surface area is 207 Å². The van der Waals surface area contributed by atoms with Gasteiger partial charge in [-0.05, 0) is 43.9 Å². The molecule has 3 aromatic heterocycles. The minimum Gasteiger partial charge on any atom is -0.492 e. The van der Waals surface area contributed by atoms with Gasteiger partial charge < -0.3 is 20.5 Å². The van der Waals surface area contributed by atoms with Crippen LogP contribution in [0.4, 0.5) is 16.5 Å². The first-order chi connectivity index (χ1) is 16.7. The molecule has 0 saturated carbocycles. The van der Waals surface area contributed by atoms with Gasteiger partial charge in [0.1, 0.15) is 33.7 Å². The summed E-state index contributed by atoms with van der Waals surface area (Å²) in [7, 11) is 1.57. The Hall–Kier alpha value is -3.80. The van der Waals surface area contributed by atoms with Crippen molar-refractivity contribution in [2.24, 2.45) is 0 Å². The Bertz CT molecular complexity index is 1260. The molecule has 0 saturated heterocycles. The van der Waals surface area contributed by atoms with Crippen molar-refractivity contribution < 1.29 is 14.6 Å². The summed E-state index contributed by atoms with van der Waals surface area (Å²) in [5.41, 5.74) is 1.97. The Morgan fingerprint density at radius 1 is 1.26 bits per heavy atom. The van der Waals surface area contributed by atoms with Crippen molar-refractivity contribution >= 4 is 39.8 Å². The number of nitrogens with one attached hydrogen (secondary N) is 3. The summed E-state index contributed by atoms with van der Waals surface area (Å²) in [4.78, 5) is 28.3. The summed E-state index contributed by atoms with van der Waals surface area (Å²) in [6.45, 7) is 8.26. The van der Waals surface area contributed by atoms with Gasteiger partial charge in [0.25, 0.3) is 5.91 Å². The molecule has 0 fully saturated rings. The minimum absolute atomic E-state index is 0.0270. The van der Waals surface area contributed by atoms with E-state index in [4.69, 9.17) is 10.1 Å². The van der Waals surface area contributed by atoms with Crippen molar-refractivity contribution in [3.05, 3.63) is 41.0 Å². The van der Waals surface area contributed by atoms with Crippen LogP contribution in [0.25, 0.3) is 0 Å². The van der Waals surface area contributed by atoms with Gasteiger partial charge in [0.2, 0.25) is 11.8 Å². The molecule has 12 heteroatoms. The molecule has 0 aromatic carbocycles. The lowest BCUT2D eigenvalue weighted by Gasteiger charge is -2.18. The van der Waals surface area contributed by atoms with E-state index in [0.29, 0.717) is 41.2 Å².